The molecule has 0 aliphatic heterocycles. The Balaban J connectivity index is 1.67. The Bertz CT molecular complexity index is 828. The maximum Gasteiger partial charge on any atom is 0.308 e. The molecule has 3 heterocycles. The van der Waals surface area contributed by atoms with Gasteiger partial charge < -0.3 is 9.73 Å². The zero-order valence-electron chi connectivity index (χ0n) is 13.1. The van der Waals surface area contributed by atoms with E-state index in [-0.39, 0.29) is 17.2 Å². The predicted molar refractivity (Wildman–Crippen MR) is 87.2 cm³/mol. The molecule has 0 aliphatic carbocycles. The molecular formula is C16H15FN4O2S. The van der Waals surface area contributed by atoms with Gasteiger partial charge in [-0.3, -0.25) is 4.79 Å². The van der Waals surface area contributed by atoms with E-state index in [0.29, 0.717) is 12.2 Å². The summed E-state index contributed by atoms with van der Waals surface area (Å²) in [4.78, 5) is 17.2. The van der Waals surface area contributed by atoms with Crippen LogP contribution in [-0.4, -0.2) is 27.6 Å². The Labute approximate surface area is 141 Å². The second-order valence-electron chi connectivity index (χ2n) is 5.82. The summed E-state index contributed by atoms with van der Waals surface area (Å²) < 4.78 is 18.2. The molecule has 3 aromatic rings. The quantitative estimate of drug-likeness (QED) is 0.768. The highest BCUT2D eigenvalue weighted by Gasteiger charge is 2.24. The summed E-state index contributed by atoms with van der Waals surface area (Å²) >= 11 is 1.64. The summed E-state index contributed by atoms with van der Waals surface area (Å²) in [6.07, 6.45) is 1.04. The number of nitrogens with one attached hydrogen (secondary N) is 1. The van der Waals surface area contributed by atoms with Crippen LogP contribution in [0.1, 0.15) is 29.4 Å². The van der Waals surface area contributed by atoms with E-state index in [1.165, 1.54) is 17.0 Å². The van der Waals surface area contributed by atoms with E-state index in [1.807, 2.05) is 31.4 Å². The third-order valence-electron chi connectivity index (χ3n) is 3.44. The molecule has 3 aromatic heterocycles. The Morgan fingerprint density at radius 3 is 2.83 bits per heavy atom. The number of aromatic nitrogens is 3. The van der Waals surface area contributed by atoms with Gasteiger partial charge in [0.25, 0.3) is 5.89 Å². The minimum atomic E-state index is -0.466. The van der Waals surface area contributed by atoms with Crippen molar-refractivity contribution in [2.24, 2.45) is 0 Å². The molecule has 1 amide bonds. The number of rotatable bonds is 5. The molecule has 0 saturated heterocycles. The van der Waals surface area contributed by atoms with Gasteiger partial charge in [-0.1, -0.05) is 19.9 Å². The van der Waals surface area contributed by atoms with E-state index in [2.05, 4.69) is 20.5 Å². The number of thiophene rings is 1. The lowest BCUT2D eigenvalue weighted by molar-refractivity contribution is 0.0911. The van der Waals surface area contributed by atoms with Gasteiger partial charge in [0.1, 0.15) is 11.5 Å². The van der Waals surface area contributed by atoms with Crippen LogP contribution in [0, 0.1) is 5.82 Å². The maximum absolute atomic E-state index is 12.9. The molecule has 0 fully saturated rings. The first-order chi connectivity index (χ1) is 11.5. The smallest absolute Gasteiger partial charge is 0.308 e. The molecule has 0 atom stereocenters. The van der Waals surface area contributed by atoms with Crippen LogP contribution >= 0.6 is 11.3 Å². The predicted octanol–water partition coefficient (Wildman–Crippen LogP) is 3.04. The van der Waals surface area contributed by atoms with Crippen molar-refractivity contribution in [1.29, 1.82) is 0 Å². The fourth-order valence-corrected chi connectivity index (χ4v) is 2.90. The summed E-state index contributed by atoms with van der Waals surface area (Å²) in [5.74, 6) is -1.01. The molecule has 3 rings (SSSR count). The summed E-state index contributed by atoms with van der Waals surface area (Å²) in [6.45, 7) is 4.51. The van der Waals surface area contributed by atoms with E-state index in [0.717, 1.165) is 6.20 Å². The molecule has 0 unspecified atom stereocenters. The molecule has 6 nitrogen and oxygen atoms in total. The highest BCUT2D eigenvalue weighted by Crippen LogP contribution is 2.26. The van der Waals surface area contributed by atoms with Gasteiger partial charge >= 0.3 is 11.8 Å². The van der Waals surface area contributed by atoms with Gasteiger partial charge in [-0.15, -0.1) is 21.5 Å². The number of hydrogen-bond acceptors (Lipinski definition) is 6. The zero-order valence-corrected chi connectivity index (χ0v) is 13.9. The summed E-state index contributed by atoms with van der Waals surface area (Å²) in [5.41, 5.74) is 0.104. The summed E-state index contributed by atoms with van der Waals surface area (Å²) in [5, 5.41) is 12.3. The molecule has 8 heteroatoms. The van der Waals surface area contributed by atoms with Crippen LogP contribution in [0.2, 0.25) is 0 Å². The number of pyridine rings is 1. The highest BCUT2D eigenvalue weighted by atomic mass is 32.1. The second kappa shape index (κ2) is 6.48. The molecule has 0 aliphatic rings. The first-order valence-corrected chi connectivity index (χ1v) is 8.11. The minimum Gasteiger partial charge on any atom is -0.411 e. The third kappa shape index (κ3) is 3.48. The molecule has 0 saturated carbocycles. The number of nitrogens with zero attached hydrogens (tertiary/aromatic N) is 3. The van der Waals surface area contributed by atoms with E-state index in [1.54, 1.807) is 11.3 Å². The summed E-state index contributed by atoms with van der Waals surface area (Å²) in [6, 6.07) is 6.64. The van der Waals surface area contributed by atoms with Crippen molar-refractivity contribution in [3.05, 3.63) is 52.4 Å². The van der Waals surface area contributed by atoms with Gasteiger partial charge in [0.15, 0.2) is 0 Å². The van der Waals surface area contributed by atoms with Crippen LogP contribution in [0.15, 0.2) is 40.3 Å². The Hall–Kier alpha value is -2.61. The first-order valence-electron chi connectivity index (χ1n) is 7.23. The van der Waals surface area contributed by atoms with Crippen molar-refractivity contribution in [2.75, 3.05) is 6.54 Å². The number of amides is 1. The van der Waals surface area contributed by atoms with Crippen LogP contribution in [0.5, 0.6) is 0 Å². The van der Waals surface area contributed by atoms with Crippen LogP contribution in [0.3, 0.4) is 0 Å². The molecule has 0 radical (unpaired) electrons. The Morgan fingerprint density at radius 1 is 1.33 bits per heavy atom. The molecule has 0 aromatic carbocycles. The van der Waals surface area contributed by atoms with Crippen molar-refractivity contribution in [3.63, 3.8) is 0 Å². The zero-order chi connectivity index (χ0) is 17.2. The van der Waals surface area contributed by atoms with E-state index >= 15 is 0 Å². The fraction of sp³-hybridized carbons (Fsp3) is 0.250. The van der Waals surface area contributed by atoms with Crippen LogP contribution < -0.4 is 5.32 Å². The fourth-order valence-electron chi connectivity index (χ4n) is 2.05. The monoisotopic (exact) mass is 346 g/mol. The standard InChI is InChI=1S/C16H15FN4O2S/c1-16(2,12-4-3-7-24-12)9-19-13(22)15-21-20-14(23-15)11-6-5-10(17)8-18-11/h3-8H,9H2,1-2H3,(H,19,22). The SMILES string of the molecule is CC(C)(CNC(=O)c1nnc(-c2ccc(F)cn2)o1)c1cccs1. The number of hydrogen-bond donors (Lipinski definition) is 1. The molecule has 24 heavy (non-hydrogen) atoms. The van der Waals surface area contributed by atoms with Gasteiger partial charge in [-0.05, 0) is 23.6 Å². The molecule has 124 valence electrons. The average Bonchev–Trinajstić information content (AvgIpc) is 3.25. The van der Waals surface area contributed by atoms with Gasteiger partial charge in [0.05, 0.1) is 6.20 Å². The van der Waals surface area contributed by atoms with E-state index in [9.17, 15) is 9.18 Å². The van der Waals surface area contributed by atoms with Gasteiger partial charge in [0, 0.05) is 16.8 Å². The van der Waals surface area contributed by atoms with Gasteiger partial charge in [0.2, 0.25) is 0 Å². The largest absolute Gasteiger partial charge is 0.411 e. The number of carbonyl (C=O) groups is 1. The maximum atomic E-state index is 12.9. The first kappa shape index (κ1) is 16.3. The van der Waals surface area contributed by atoms with Crippen molar-refractivity contribution in [3.8, 4) is 11.6 Å². The second-order valence-corrected chi connectivity index (χ2v) is 6.77. The van der Waals surface area contributed by atoms with Gasteiger partial charge in [-0.2, -0.15) is 0 Å². The topological polar surface area (TPSA) is 80.9 Å². The van der Waals surface area contributed by atoms with Crippen LogP contribution in [0.4, 0.5) is 4.39 Å². The Morgan fingerprint density at radius 2 is 2.17 bits per heavy atom. The van der Waals surface area contributed by atoms with E-state index in [4.69, 9.17) is 4.42 Å². The number of carbonyl (C=O) groups excluding carboxylic acids is 1. The third-order valence-corrected chi connectivity index (χ3v) is 4.68. The van der Waals surface area contributed by atoms with E-state index < -0.39 is 11.7 Å². The Kier molecular flexibility index (Phi) is 4.39. The number of halogens is 1. The lowest BCUT2D eigenvalue weighted by Crippen LogP contribution is -2.36. The lowest BCUT2D eigenvalue weighted by atomic mass is 9.91. The van der Waals surface area contributed by atoms with Crippen molar-refractivity contribution in [2.45, 2.75) is 19.3 Å². The van der Waals surface area contributed by atoms with Gasteiger partial charge in [-0.25, -0.2) is 9.37 Å². The molecule has 1 N–H and O–H groups in total. The summed E-state index contributed by atoms with van der Waals surface area (Å²) in [7, 11) is 0. The van der Waals surface area contributed by atoms with Crippen LogP contribution in [0.25, 0.3) is 11.6 Å². The lowest BCUT2D eigenvalue weighted by Gasteiger charge is -2.23. The molecule has 0 spiro atoms. The molecular weight excluding hydrogens is 331 g/mol. The average molecular weight is 346 g/mol. The van der Waals surface area contributed by atoms with Crippen LogP contribution in [-0.2, 0) is 5.41 Å². The normalized spacial score (nSPS) is 11.5. The van der Waals surface area contributed by atoms with Crippen molar-refractivity contribution >= 4 is 17.2 Å². The minimum absolute atomic E-state index is 0.0673. The van der Waals surface area contributed by atoms with Crippen molar-refractivity contribution in [1.82, 2.24) is 20.5 Å². The molecule has 0 bridgehead atoms. The van der Waals surface area contributed by atoms with Crippen molar-refractivity contribution < 1.29 is 13.6 Å². The highest BCUT2D eigenvalue weighted by molar-refractivity contribution is 7.10.